The predicted octanol–water partition coefficient (Wildman–Crippen LogP) is 5.45. The Morgan fingerprint density at radius 3 is 2.52 bits per heavy atom. The van der Waals surface area contributed by atoms with Gasteiger partial charge in [-0.3, -0.25) is 4.79 Å². The molecule has 0 saturated heterocycles. The van der Waals surface area contributed by atoms with Crippen molar-refractivity contribution in [1.29, 1.82) is 0 Å². The summed E-state index contributed by atoms with van der Waals surface area (Å²) in [4.78, 5) is 12.2. The van der Waals surface area contributed by atoms with E-state index < -0.39 is 6.10 Å². The fraction of sp³-hybridized carbons (Fsp3) is 0.409. The van der Waals surface area contributed by atoms with Gasteiger partial charge in [-0.05, 0) is 47.7 Å². The number of carbonyl (C=O) groups excluding carboxylic acids is 1. The van der Waals surface area contributed by atoms with Crippen molar-refractivity contribution in [2.45, 2.75) is 45.0 Å². The van der Waals surface area contributed by atoms with Crippen molar-refractivity contribution >= 4 is 29.3 Å². The molecular weight excluding hydrogens is 378 g/mol. The van der Waals surface area contributed by atoms with Gasteiger partial charge in [0.2, 0.25) is 0 Å². The molecular formula is C22H28ClNO2S. The Bertz CT molecular complexity index is 741. The molecule has 0 heterocycles. The van der Waals surface area contributed by atoms with Crippen LogP contribution >= 0.6 is 23.4 Å². The topological polar surface area (TPSA) is 38.3 Å². The van der Waals surface area contributed by atoms with E-state index in [1.807, 2.05) is 42.5 Å². The van der Waals surface area contributed by atoms with E-state index >= 15 is 0 Å². The molecule has 0 aliphatic heterocycles. The molecule has 0 bridgehead atoms. The molecule has 0 saturated carbocycles. The third kappa shape index (κ3) is 7.47. The van der Waals surface area contributed by atoms with Gasteiger partial charge < -0.3 is 10.1 Å². The minimum absolute atomic E-state index is 0.0988. The monoisotopic (exact) mass is 405 g/mol. The molecule has 0 aromatic heterocycles. The van der Waals surface area contributed by atoms with Gasteiger partial charge in [0.25, 0.3) is 5.91 Å². The van der Waals surface area contributed by atoms with E-state index in [1.165, 1.54) is 11.1 Å². The molecule has 1 amide bonds. The second-order valence-electron chi connectivity index (χ2n) is 7.51. The molecule has 146 valence electrons. The van der Waals surface area contributed by atoms with Crippen LogP contribution in [0, 0.1) is 0 Å². The van der Waals surface area contributed by atoms with Gasteiger partial charge >= 0.3 is 0 Å². The highest BCUT2D eigenvalue weighted by molar-refractivity contribution is 7.98. The summed E-state index contributed by atoms with van der Waals surface area (Å²) in [5.41, 5.74) is 2.53. The van der Waals surface area contributed by atoms with Crippen molar-refractivity contribution < 1.29 is 9.53 Å². The summed E-state index contributed by atoms with van der Waals surface area (Å²) in [5.74, 6) is 2.33. The zero-order valence-corrected chi connectivity index (χ0v) is 18.0. The number of nitrogens with one attached hydrogen (secondary N) is 1. The quantitative estimate of drug-likeness (QED) is 0.593. The minimum atomic E-state index is -0.525. The molecule has 0 aliphatic carbocycles. The molecule has 0 fully saturated rings. The molecule has 5 heteroatoms. The molecule has 0 radical (unpaired) electrons. The van der Waals surface area contributed by atoms with Gasteiger partial charge in [0.05, 0.1) is 0 Å². The number of ether oxygens (including phenoxy) is 1. The van der Waals surface area contributed by atoms with Gasteiger partial charge in [0.15, 0.2) is 6.10 Å². The maximum absolute atomic E-state index is 12.2. The number of carbonyl (C=O) groups is 1. The Kier molecular flexibility index (Phi) is 8.06. The number of thioether (sulfide) groups is 1. The summed E-state index contributed by atoms with van der Waals surface area (Å²) in [6, 6.07) is 15.8. The Hall–Kier alpha value is -1.65. The highest BCUT2D eigenvalue weighted by atomic mass is 35.5. The molecule has 1 unspecified atom stereocenters. The van der Waals surface area contributed by atoms with Gasteiger partial charge in [-0.1, -0.05) is 56.6 Å². The van der Waals surface area contributed by atoms with Crippen molar-refractivity contribution in [2.75, 3.05) is 12.3 Å². The first-order valence-corrected chi connectivity index (χ1v) is 10.7. The third-order valence-electron chi connectivity index (χ3n) is 4.11. The normalized spacial score (nSPS) is 12.5. The fourth-order valence-corrected chi connectivity index (χ4v) is 3.52. The number of halogens is 1. The molecule has 2 rings (SSSR count). The number of rotatable bonds is 8. The lowest BCUT2D eigenvalue weighted by molar-refractivity contribution is -0.127. The fourth-order valence-electron chi connectivity index (χ4n) is 2.50. The van der Waals surface area contributed by atoms with E-state index in [4.69, 9.17) is 16.3 Å². The number of hydrogen-bond acceptors (Lipinski definition) is 3. The molecule has 1 atom stereocenters. The summed E-state index contributed by atoms with van der Waals surface area (Å²) in [6.45, 7) is 8.89. The number of amides is 1. The lowest BCUT2D eigenvalue weighted by Crippen LogP contribution is -2.37. The Morgan fingerprint density at radius 2 is 1.89 bits per heavy atom. The minimum Gasteiger partial charge on any atom is -0.481 e. The summed E-state index contributed by atoms with van der Waals surface area (Å²) in [6.07, 6.45) is -0.525. The van der Waals surface area contributed by atoms with E-state index in [-0.39, 0.29) is 11.3 Å². The molecule has 0 aliphatic rings. The lowest BCUT2D eigenvalue weighted by Gasteiger charge is -2.20. The van der Waals surface area contributed by atoms with Crippen LogP contribution in [0.2, 0.25) is 5.02 Å². The first-order valence-electron chi connectivity index (χ1n) is 9.13. The molecule has 1 N–H and O–H groups in total. The van der Waals surface area contributed by atoms with Crippen LogP contribution in [0.1, 0.15) is 38.8 Å². The van der Waals surface area contributed by atoms with Crippen LogP contribution < -0.4 is 10.1 Å². The second-order valence-corrected chi connectivity index (χ2v) is 9.05. The maximum Gasteiger partial charge on any atom is 0.260 e. The second kappa shape index (κ2) is 10.0. The Morgan fingerprint density at radius 1 is 1.19 bits per heavy atom. The van der Waals surface area contributed by atoms with Gasteiger partial charge in [-0.25, -0.2) is 0 Å². The average Bonchev–Trinajstić information content (AvgIpc) is 2.61. The summed E-state index contributed by atoms with van der Waals surface area (Å²) >= 11 is 7.74. The van der Waals surface area contributed by atoms with Crippen LogP contribution in [-0.2, 0) is 16.0 Å². The Balaban J connectivity index is 1.69. The average molecular weight is 406 g/mol. The summed E-state index contributed by atoms with van der Waals surface area (Å²) in [7, 11) is 0. The summed E-state index contributed by atoms with van der Waals surface area (Å²) < 4.78 is 5.75. The predicted molar refractivity (Wildman–Crippen MR) is 116 cm³/mol. The molecule has 2 aromatic carbocycles. The van der Waals surface area contributed by atoms with Crippen LogP contribution in [0.5, 0.6) is 5.75 Å². The molecule has 2 aromatic rings. The van der Waals surface area contributed by atoms with Crippen LogP contribution in [0.4, 0.5) is 0 Å². The summed E-state index contributed by atoms with van der Waals surface area (Å²) in [5, 5.41) is 3.68. The van der Waals surface area contributed by atoms with Gasteiger partial charge in [0, 0.05) is 23.1 Å². The van der Waals surface area contributed by atoms with Crippen molar-refractivity contribution in [3.63, 3.8) is 0 Å². The van der Waals surface area contributed by atoms with Crippen molar-refractivity contribution in [3.8, 4) is 5.75 Å². The van der Waals surface area contributed by atoms with Crippen LogP contribution in [0.15, 0.2) is 48.5 Å². The van der Waals surface area contributed by atoms with Gasteiger partial charge in [-0.2, -0.15) is 11.8 Å². The van der Waals surface area contributed by atoms with E-state index in [0.717, 1.165) is 16.5 Å². The van der Waals surface area contributed by atoms with Gasteiger partial charge in [0.1, 0.15) is 5.75 Å². The van der Waals surface area contributed by atoms with Crippen LogP contribution in [-0.4, -0.2) is 24.3 Å². The lowest BCUT2D eigenvalue weighted by atomic mass is 9.87. The Labute approximate surface area is 171 Å². The highest BCUT2D eigenvalue weighted by Gasteiger charge is 2.16. The van der Waals surface area contributed by atoms with E-state index in [2.05, 4.69) is 32.2 Å². The largest absolute Gasteiger partial charge is 0.481 e. The number of hydrogen-bond donors (Lipinski definition) is 1. The van der Waals surface area contributed by atoms with Crippen molar-refractivity contribution in [2.24, 2.45) is 0 Å². The SMILES string of the molecule is CC(Oc1ccc(C(C)(C)C)cc1)C(=O)NCCSCc1cccc(Cl)c1. The van der Waals surface area contributed by atoms with Crippen molar-refractivity contribution in [1.82, 2.24) is 5.32 Å². The first-order chi connectivity index (χ1) is 12.8. The zero-order chi connectivity index (χ0) is 19.9. The standard InChI is InChI=1S/C22H28ClNO2S/c1-16(26-20-10-8-18(9-11-20)22(2,3)4)21(25)24-12-13-27-15-17-6-5-7-19(23)14-17/h5-11,14,16H,12-13,15H2,1-4H3,(H,24,25). The first kappa shape index (κ1) is 21.6. The maximum atomic E-state index is 12.2. The van der Waals surface area contributed by atoms with E-state index in [9.17, 15) is 4.79 Å². The van der Waals surface area contributed by atoms with Gasteiger partial charge in [-0.15, -0.1) is 0 Å². The van der Waals surface area contributed by atoms with Crippen LogP contribution in [0.25, 0.3) is 0 Å². The van der Waals surface area contributed by atoms with E-state index in [0.29, 0.717) is 12.3 Å². The smallest absolute Gasteiger partial charge is 0.260 e. The van der Waals surface area contributed by atoms with Crippen LogP contribution in [0.3, 0.4) is 0 Å². The zero-order valence-electron chi connectivity index (χ0n) is 16.4. The van der Waals surface area contributed by atoms with Crippen molar-refractivity contribution in [3.05, 3.63) is 64.7 Å². The third-order valence-corrected chi connectivity index (χ3v) is 5.37. The molecule has 3 nitrogen and oxygen atoms in total. The van der Waals surface area contributed by atoms with E-state index in [1.54, 1.807) is 18.7 Å². The molecule has 27 heavy (non-hydrogen) atoms. The molecule has 0 spiro atoms. The highest BCUT2D eigenvalue weighted by Crippen LogP contribution is 2.24. The number of benzene rings is 2.